The summed E-state index contributed by atoms with van der Waals surface area (Å²) in [6.07, 6.45) is 0. The third-order valence-corrected chi connectivity index (χ3v) is 0.914. The molecule has 2 radical (unpaired) electrons. The van der Waals surface area contributed by atoms with Gasteiger partial charge in [-0.15, -0.1) is 0 Å². The van der Waals surface area contributed by atoms with Crippen LogP contribution in [0.1, 0.15) is 0 Å². The maximum absolute atomic E-state index is 4.88. The van der Waals surface area contributed by atoms with Crippen molar-refractivity contribution in [2.24, 2.45) is 0 Å². The Labute approximate surface area is 65.5 Å². The molecule has 0 aliphatic rings. The first-order valence-corrected chi connectivity index (χ1v) is 2.43. The summed E-state index contributed by atoms with van der Waals surface area (Å²) < 4.78 is 4.88. The molecule has 0 heterocycles. The van der Waals surface area contributed by atoms with Crippen LogP contribution >= 0.6 is 0 Å². The van der Waals surface area contributed by atoms with Crippen LogP contribution in [0, 0.1) is 6.07 Å². The van der Waals surface area contributed by atoms with E-state index in [1.54, 1.807) is 13.2 Å². The Balaban J connectivity index is 0.000000640. The van der Waals surface area contributed by atoms with Gasteiger partial charge in [-0.2, -0.15) is 0 Å². The van der Waals surface area contributed by atoms with Crippen molar-refractivity contribution in [3.8, 4) is 5.75 Å². The molecule has 0 amide bonds. The van der Waals surface area contributed by atoms with Gasteiger partial charge in [-0.25, -0.2) is 0 Å². The molecule has 0 unspecified atom stereocenters. The molecule has 9 heavy (non-hydrogen) atoms. The summed E-state index contributed by atoms with van der Waals surface area (Å²) >= 11 is 0. The van der Waals surface area contributed by atoms with Crippen LogP contribution in [0.3, 0.4) is 0 Å². The van der Waals surface area contributed by atoms with Crippen LogP contribution in [0.4, 0.5) is 0 Å². The Hall–Kier alpha value is -0.461. The molecule has 48 valence electrons. The van der Waals surface area contributed by atoms with Crippen molar-refractivity contribution < 1.29 is 21.8 Å². The minimum absolute atomic E-state index is 0. The maximum atomic E-state index is 4.88. The second-order valence-corrected chi connectivity index (χ2v) is 1.44. The molecule has 0 aliphatic carbocycles. The van der Waals surface area contributed by atoms with Crippen molar-refractivity contribution in [2.45, 2.75) is 0 Å². The van der Waals surface area contributed by atoms with Gasteiger partial charge in [0.2, 0.25) is 0 Å². The van der Waals surface area contributed by atoms with Crippen molar-refractivity contribution in [2.75, 3.05) is 7.11 Å². The monoisotopic (exact) mass is 162 g/mol. The van der Waals surface area contributed by atoms with Crippen LogP contribution < -0.4 is 4.74 Å². The molecule has 0 fully saturated rings. The molecule has 0 atom stereocenters. The second kappa shape index (κ2) is 4.42. The average molecular weight is 162 g/mol. The zero-order valence-electron chi connectivity index (χ0n) is 5.10. The molecule has 0 aliphatic heterocycles. The van der Waals surface area contributed by atoms with E-state index in [1.807, 2.05) is 18.2 Å². The third-order valence-electron chi connectivity index (χ3n) is 0.914. The standard InChI is InChI=1S/C7H7O.Mn/c1-8-7-5-3-2-4-6-7;/h2-3,5-6H,1H3;. The van der Waals surface area contributed by atoms with E-state index in [4.69, 9.17) is 4.74 Å². The Morgan fingerprint density at radius 1 is 1.56 bits per heavy atom. The second-order valence-electron chi connectivity index (χ2n) is 1.44. The fourth-order valence-electron chi connectivity index (χ4n) is 0.504. The van der Waals surface area contributed by atoms with Gasteiger partial charge in [0.05, 0.1) is 7.11 Å². The van der Waals surface area contributed by atoms with Gasteiger partial charge in [-0.1, -0.05) is 12.1 Å². The molecule has 1 aromatic carbocycles. The van der Waals surface area contributed by atoms with E-state index < -0.39 is 0 Å². The Kier molecular flexibility index (Phi) is 4.20. The Morgan fingerprint density at radius 3 is 2.67 bits per heavy atom. The van der Waals surface area contributed by atoms with Crippen LogP contribution in [0.25, 0.3) is 0 Å². The third kappa shape index (κ3) is 2.54. The molecule has 0 saturated heterocycles. The van der Waals surface area contributed by atoms with E-state index in [0.717, 1.165) is 5.75 Å². The van der Waals surface area contributed by atoms with Gasteiger partial charge >= 0.3 is 0 Å². The summed E-state index contributed by atoms with van der Waals surface area (Å²) in [5, 5.41) is 0. The summed E-state index contributed by atoms with van der Waals surface area (Å²) in [6, 6.07) is 10.3. The number of methoxy groups -OCH3 is 1. The summed E-state index contributed by atoms with van der Waals surface area (Å²) in [6.45, 7) is 0. The topological polar surface area (TPSA) is 9.23 Å². The Bertz CT molecular complexity index is 150. The molecule has 2 heteroatoms. The molecule has 1 nitrogen and oxygen atoms in total. The molecule has 1 rings (SSSR count). The van der Waals surface area contributed by atoms with Crippen molar-refractivity contribution in [1.82, 2.24) is 0 Å². The van der Waals surface area contributed by atoms with Gasteiger partial charge in [-0.05, 0) is 18.2 Å². The van der Waals surface area contributed by atoms with Crippen LogP contribution in [0.15, 0.2) is 24.3 Å². The SMILES string of the molecule is COc1c[c]ccc1.[Mn]. The molecular formula is C7H7MnO. The van der Waals surface area contributed by atoms with E-state index in [-0.39, 0.29) is 17.1 Å². The molecule has 0 spiro atoms. The van der Waals surface area contributed by atoms with Crippen molar-refractivity contribution >= 4 is 0 Å². The van der Waals surface area contributed by atoms with Crippen molar-refractivity contribution in [1.29, 1.82) is 0 Å². The molecule has 0 N–H and O–H groups in total. The van der Waals surface area contributed by atoms with Crippen molar-refractivity contribution in [3.63, 3.8) is 0 Å². The van der Waals surface area contributed by atoms with E-state index in [2.05, 4.69) is 6.07 Å². The number of rotatable bonds is 1. The predicted molar refractivity (Wildman–Crippen MR) is 31.8 cm³/mol. The predicted octanol–water partition coefficient (Wildman–Crippen LogP) is 1.49. The Morgan fingerprint density at radius 2 is 2.33 bits per heavy atom. The van der Waals surface area contributed by atoms with Gasteiger partial charge in [0.25, 0.3) is 0 Å². The minimum atomic E-state index is 0. The van der Waals surface area contributed by atoms with E-state index in [1.165, 1.54) is 0 Å². The van der Waals surface area contributed by atoms with Gasteiger partial charge in [0.15, 0.2) is 0 Å². The zero-order chi connectivity index (χ0) is 5.82. The van der Waals surface area contributed by atoms with Gasteiger partial charge in [0, 0.05) is 17.1 Å². The summed E-state index contributed by atoms with van der Waals surface area (Å²) in [4.78, 5) is 0. The summed E-state index contributed by atoms with van der Waals surface area (Å²) in [5.74, 6) is 0.854. The van der Waals surface area contributed by atoms with E-state index >= 15 is 0 Å². The van der Waals surface area contributed by atoms with Crippen LogP contribution in [-0.2, 0) is 17.1 Å². The quantitative estimate of drug-likeness (QED) is 0.568. The van der Waals surface area contributed by atoms with Crippen LogP contribution in [0.5, 0.6) is 5.75 Å². The largest absolute Gasteiger partial charge is 0.497 e. The number of benzene rings is 1. The average Bonchev–Trinajstić information content (AvgIpc) is 1.90. The first kappa shape index (κ1) is 8.54. The van der Waals surface area contributed by atoms with Crippen LogP contribution in [0.2, 0.25) is 0 Å². The first-order valence-electron chi connectivity index (χ1n) is 2.43. The fraction of sp³-hybridized carbons (Fsp3) is 0.143. The fourth-order valence-corrected chi connectivity index (χ4v) is 0.504. The molecule has 0 bridgehead atoms. The van der Waals surface area contributed by atoms with Gasteiger partial charge in [0.1, 0.15) is 5.75 Å². The van der Waals surface area contributed by atoms with E-state index in [0.29, 0.717) is 0 Å². The molecule has 0 saturated carbocycles. The zero-order valence-corrected chi connectivity index (χ0v) is 6.28. The van der Waals surface area contributed by atoms with Gasteiger partial charge < -0.3 is 4.74 Å². The maximum Gasteiger partial charge on any atom is 0.119 e. The molecule has 1 aromatic rings. The van der Waals surface area contributed by atoms with E-state index in [9.17, 15) is 0 Å². The normalized spacial score (nSPS) is 7.67. The number of ether oxygens (including phenoxy) is 1. The smallest absolute Gasteiger partial charge is 0.119 e. The molecular weight excluding hydrogens is 155 g/mol. The minimum Gasteiger partial charge on any atom is -0.497 e. The number of hydrogen-bond acceptors (Lipinski definition) is 1. The molecule has 0 aromatic heterocycles. The first-order chi connectivity index (χ1) is 3.93. The summed E-state index contributed by atoms with van der Waals surface area (Å²) in [5.41, 5.74) is 0. The number of hydrogen-bond donors (Lipinski definition) is 0. The summed E-state index contributed by atoms with van der Waals surface area (Å²) in [7, 11) is 1.64. The van der Waals surface area contributed by atoms with Gasteiger partial charge in [-0.3, -0.25) is 0 Å². The van der Waals surface area contributed by atoms with Crippen LogP contribution in [-0.4, -0.2) is 7.11 Å². The van der Waals surface area contributed by atoms with Crippen molar-refractivity contribution in [3.05, 3.63) is 30.3 Å².